The molecule has 2 saturated carbocycles. The summed E-state index contributed by atoms with van der Waals surface area (Å²) in [6.45, 7) is 1.31. The van der Waals surface area contributed by atoms with E-state index in [0.29, 0.717) is 12.5 Å². The van der Waals surface area contributed by atoms with Gasteiger partial charge in [0.05, 0.1) is 12.0 Å². The third kappa shape index (κ3) is 4.86. The summed E-state index contributed by atoms with van der Waals surface area (Å²) in [5, 5.41) is 6.38. The molecule has 4 rings (SSSR count). The molecule has 1 saturated heterocycles. The Hall–Kier alpha value is -2.04. The van der Waals surface area contributed by atoms with Crippen molar-refractivity contribution in [1.82, 2.24) is 15.5 Å². The zero-order chi connectivity index (χ0) is 19.3. The highest BCUT2D eigenvalue weighted by atomic mass is 16.2. The van der Waals surface area contributed by atoms with Crippen LogP contribution in [0.5, 0.6) is 0 Å². The van der Waals surface area contributed by atoms with E-state index in [0.717, 1.165) is 37.8 Å². The highest BCUT2D eigenvalue weighted by molar-refractivity contribution is 5.81. The molecule has 1 aromatic carbocycles. The molecule has 3 amide bonds. The van der Waals surface area contributed by atoms with Crippen LogP contribution in [0.1, 0.15) is 69.4 Å². The predicted molar refractivity (Wildman–Crippen MR) is 110 cm³/mol. The minimum Gasteiger partial charge on any atom is -0.356 e. The number of hydrogen-bond acceptors (Lipinski definition) is 2. The number of amides is 3. The number of carbonyl (C=O) groups excluding carboxylic acids is 2. The summed E-state index contributed by atoms with van der Waals surface area (Å²) in [6, 6.07) is 10.6. The average Bonchev–Trinajstić information content (AvgIpc) is 3.57. The smallest absolute Gasteiger partial charge is 0.318 e. The lowest BCUT2D eigenvalue weighted by molar-refractivity contribution is -0.126. The molecular weight excluding hydrogens is 350 g/mol. The molecule has 28 heavy (non-hydrogen) atoms. The maximum atomic E-state index is 13.2. The summed E-state index contributed by atoms with van der Waals surface area (Å²) in [6.07, 6.45) is 9.94. The van der Waals surface area contributed by atoms with Gasteiger partial charge in [-0.2, -0.15) is 0 Å². The Bertz CT molecular complexity index is 668. The van der Waals surface area contributed by atoms with Crippen molar-refractivity contribution in [2.75, 3.05) is 13.1 Å². The van der Waals surface area contributed by atoms with Gasteiger partial charge >= 0.3 is 6.03 Å². The van der Waals surface area contributed by atoms with Crippen LogP contribution in [-0.4, -0.2) is 36.0 Å². The van der Waals surface area contributed by atoms with Gasteiger partial charge in [0.25, 0.3) is 0 Å². The standard InChI is InChI=1S/C23H33N3O2/c27-22(24-15-17-11-12-17)19-13-14-21(18-7-3-1-4-8-18)26(16-19)23(28)25-20-9-5-2-6-10-20/h1,3-4,7-8,17,19-21H,2,5-6,9-16H2,(H,24,27)(H,25,28). The van der Waals surface area contributed by atoms with E-state index in [9.17, 15) is 9.59 Å². The Morgan fingerprint density at radius 2 is 1.68 bits per heavy atom. The lowest BCUT2D eigenvalue weighted by atomic mass is 9.88. The molecule has 2 aliphatic carbocycles. The van der Waals surface area contributed by atoms with E-state index in [1.807, 2.05) is 23.1 Å². The molecule has 2 N–H and O–H groups in total. The summed E-state index contributed by atoms with van der Waals surface area (Å²) < 4.78 is 0. The third-order valence-electron chi connectivity index (χ3n) is 6.59. The van der Waals surface area contributed by atoms with E-state index in [1.54, 1.807) is 0 Å². The van der Waals surface area contributed by atoms with Crippen molar-refractivity contribution in [3.63, 3.8) is 0 Å². The third-order valence-corrected chi connectivity index (χ3v) is 6.59. The number of rotatable bonds is 5. The van der Waals surface area contributed by atoms with Gasteiger partial charge in [-0.05, 0) is 50.0 Å². The van der Waals surface area contributed by atoms with Gasteiger partial charge in [-0.1, -0.05) is 49.6 Å². The van der Waals surface area contributed by atoms with Gasteiger partial charge in [0.15, 0.2) is 0 Å². The molecule has 3 fully saturated rings. The van der Waals surface area contributed by atoms with E-state index in [1.165, 1.54) is 32.1 Å². The van der Waals surface area contributed by atoms with Crippen LogP contribution in [0, 0.1) is 11.8 Å². The van der Waals surface area contributed by atoms with E-state index in [4.69, 9.17) is 0 Å². The van der Waals surface area contributed by atoms with Gasteiger partial charge in [-0.15, -0.1) is 0 Å². The summed E-state index contributed by atoms with van der Waals surface area (Å²) in [7, 11) is 0. The highest BCUT2D eigenvalue weighted by Crippen LogP contribution is 2.34. The molecule has 0 bridgehead atoms. The number of nitrogens with zero attached hydrogens (tertiary/aromatic N) is 1. The van der Waals surface area contributed by atoms with Gasteiger partial charge in [0.2, 0.25) is 5.91 Å². The molecule has 1 heterocycles. The molecule has 0 radical (unpaired) electrons. The Morgan fingerprint density at radius 3 is 2.39 bits per heavy atom. The van der Waals surface area contributed by atoms with Crippen LogP contribution >= 0.6 is 0 Å². The van der Waals surface area contributed by atoms with Crippen LogP contribution in [0.25, 0.3) is 0 Å². The molecule has 0 aromatic heterocycles. The van der Waals surface area contributed by atoms with E-state index in [-0.39, 0.29) is 29.9 Å². The number of piperidine rings is 1. The molecule has 0 spiro atoms. The van der Waals surface area contributed by atoms with Gasteiger partial charge < -0.3 is 15.5 Å². The highest BCUT2D eigenvalue weighted by Gasteiger charge is 2.36. The van der Waals surface area contributed by atoms with Gasteiger partial charge in [-0.3, -0.25) is 4.79 Å². The zero-order valence-corrected chi connectivity index (χ0v) is 16.7. The normalized spacial score (nSPS) is 25.9. The van der Waals surface area contributed by atoms with Crippen LogP contribution < -0.4 is 10.6 Å². The lowest BCUT2D eigenvalue weighted by Gasteiger charge is -2.40. The molecule has 1 aromatic rings. The van der Waals surface area contributed by atoms with Crippen molar-refractivity contribution >= 4 is 11.9 Å². The van der Waals surface area contributed by atoms with E-state index in [2.05, 4.69) is 22.8 Å². The van der Waals surface area contributed by atoms with Gasteiger partial charge in [0, 0.05) is 19.1 Å². The van der Waals surface area contributed by atoms with Crippen molar-refractivity contribution in [3.8, 4) is 0 Å². The first-order chi connectivity index (χ1) is 13.7. The largest absolute Gasteiger partial charge is 0.356 e. The van der Waals surface area contributed by atoms with Gasteiger partial charge in [0.1, 0.15) is 0 Å². The van der Waals surface area contributed by atoms with Crippen molar-refractivity contribution in [2.24, 2.45) is 11.8 Å². The fourth-order valence-electron chi connectivity index (χ4n) is 4.65. The Balaban J connectivity index is 1.44. The monoisotopic (exact) mass is 383 g/mol. The molecule has 2 unspecified atom stereocenters. The SMILES string of the molecule is O=C(NCC1CC1)C1CCC(c2ccccc2)N(C(=O)NC2CCCCC2)C1. The molecule has 3 aliphatic rings. The maximum Gasteiger partial charge on any atom is 0.318 e. The van der Waals surface area contributed by atoms with Crippen LogP contribution in [0.4, 0.5) is 4.79 Å². The summed E-state index contributed by atoms with van der Waals surface area (Å²) in [5.74, 6) is 0.694. The Kier molecular flexibility index (Phi) is 6.18. The minimum atomic E-state index is -0.101. The zero-order valence-electron chi connectivity index (χ0n) is 16.7. The minimum absolute atomic E-state index is 0.000413. The lowest BCUT2D eigenvalue weighted by Crippen LogP contribution is -2.52. The summed E-state index contributed by atoms with van der Waals surface area (Å²) in [4.78, 5) is 27.8. The second-order valence-electron chi connectivity index (χ2n) is 8.83. The maximum absolute atomic E-state index is 13.2. The first-order valence-electron chi connectivity index (χ1n) is 11.1. The fraction of sp³-hybridized carbons (Fsp3) is 0.652. The molecule has 5 nitrogen and oxygen atoms in total. The number of benzene rings is 1. The molecule has 1 aliphatic heterocycles. The predicted octanol–water partition coefficient (Wildman–Crippen LogP) is 4.01. The number of carbonyl (C=O) groups is 2. The second-order valence-corrected chi connectivity index (χ2v) is 8.83. The quantitative estimate of drug-likeness (QED) is 0.807. The Morgan fingerprint density at radius 1 is 0.929 bits per heavy atom. The molecule has 152 valence electrons. The molecular formula is C23H33N3O2. The van der Waals surface area contributed by atoms with Gasteiger partial charge in [-0.25, -0.2) is 4.79 Å². The first-order valence-corrected chi connectivity index (χ1v) is 11.1. The van der Waals surface area contributed by atoms with Crippen LogP contribution in [-0.2, 0) is 4.79 Å². The summed E-state index contributed by atoms with van der Waals surface area (Å²) >= 11 is 0. The van der Waals surface area contributed by atoms with Crippen molar-refractivity contribution in [3.05, 3.63) is 35.9 Å². The number of nitrogens with one attached hydrogen (secondary N) is 2. The number of hydrogen-bond donors (Lipinski definition) is 2. The van der Waals surface area contributed by atoms with E-state index < -0.39 is 0 Å². The van der Waals surface area contributed by atoms with Crippen LogP contribution in [0.2, 0.25) is 0 Å². The number of likely N-dealkylation sites (tertiary alicyclic amines) is 1. The molecule has 2 atom stereocenters. The fourth-order valence-corrected chi connectivity index (χ4v) is 4.65. The molecule has 5 heteroatoms. The van der Waals surface area contributed by atoms with Crippen molar-refractivity contribution in [2.45, 2.75) is 69.9 Å². The van der Waals surface area contributed by atoms with Crippen LogP contribution in [0.15, 0.2) is 30.3 Å². The second kappa shape index (κ2) is 8.97. The number of urea groups is 1. The first kappa shape index (κ1) is 19.3. The summed E-state index contributed by atoms with van der Waals surface area (Å²) in [5.41, 5.74) is 1.16. The van der Waals surface area contributed by atoms with E-state index >= 15 is 0 Å². The topological polar surface area (TPSA) is 61.4 Å². The van der Waals surface area contributed by atoms with Crippen molar-refractivity contribution < 1.29 is 9.59 Å². The average molecular weight is 384 g/mol. The van der Waals surface area contributed by atoms with Crippen LogP contribution in [0.3, 0.4) is 0 Å². The Labute approximate surface area is 168 Å². The van der Waals surface area contributed by atoms with Crippen molar-refractivity contribution in [1.29, 1.82) is 0 Å².